The van der Waals surface area contributed by atoms with Crippen LogP contribution >= 0.6 is 0 Å². The van der Waals surface area contributed by atoms with Gasteiger partial charge in [0.15, 0.2) is 5.78 Å². The van der Waals surface area contributed by atoms with E-state index in [4.69, 9.17) is 5.11 Å². The largest absolute Gasteiger partial charge is 0.396 e. The average molecular weight is 214 g/mol. The second-order valence-corrected chi connectivity index (χ2v) is 4.24. The monoisotopic (exact) mass is 214 g/mol. The number of carbonyl (C=O) groups is 1. The van der Waals surface area contributed by atoms with Crippen LogP contribution in [0.2, 0.25) is 0 Å². The van der Waals surface area contributed by atoms with Crippen LogP contribution in [-0.2, 0) is 4.79 Å². The van der Waals surface area contributed by atoms with Crippen molar-refractivity contribution in [1.29, 1.82) is 0 Å². The highest BCUT2D eigenvalue weighted by Crippen LogP contribution is 2.26. The summed E-state index contributed by atoms with van der Waals surface area (Å²) in [6.07, 6.45) is 7.32. The molecule has 0 heterocycles. The summed E-state index contributed by atoms with van der Waals surface area (Å²) in [6.45, 7) is -0.237. The third-order valence-electron chi connectivity index (χ3n) is 2.88. The van der Waals surface area contributed by atoms with E-state index in [9.17, 15) is 9.18 Å². The standard InChI is InChI=1S/C12H19FO2/c13-11(6-7-14)9-12(15)8-10-4-2-1-3-5-10/h9-10,14H,1-8H2/b11-9-. The SMILES string of the molecule is O=C(/C=C(\F)CCO)CC1CCCCC1. The molecule has 0 radical (unpaired) electrons. The first-order valence-corrected chi connectivity index (χ1v) is 5.72. The molecule has 2 nitrogen and oxygen atoms in total. The number of carbonyl (C=O) groups excluding carboxylic acids is 1. The maximum atomic E-state index is 12.9. The minimum absolute atomic E-state index is 0.0452. The lowest BCUT2D eigenvalue weighted by molar-refractivity contribution is -0.115. The third-order valence-corrected chi connectivity index (χ3v) is 2.88. The van der Waals surface area contributed by atoms with Crippen molar-refractivity contribution in [2.24, 2.45) is 5.92 Å². The van der Waals surface area contributed by atoms with Gasteiger partial charge in [0.25, 0.3) is 0 Å². The van der Waals surface area contributed by atoms with Crippen molar-refractivity contribution in [3.05, 3.63) is 11.9 Å². The molecule has 1 rings (SSSR count). The van der Waals surface area contributed by atoms with Crippen molar-refractivity contribution < 1.29 is 14.3 Å². The van der Waals surface area contributed by atoms with Gasteiger partial charge in [0.1, 0.15) is 5.83 Å². The van der Waals surface area contributed by atoms with E-state index in [2.05, 4.69) is 0 Å². The zero-order valence-corrected chi connectivity index (χ0v) is 9.04. The number of allylic oxidation sites excluding steroid dienone is 1. The predicted molar refractivity (Wildman–Crippen MR) is 57.1 cm³/mol. The van der Waals surface area contributed by atoms with Gasteiger partial charge in [0.2, 0.25) is 0 Å². The fourth-order valence-electron chi connectivity index (χ4n) is 2.09. The Morgan fingerprint density at radius 3 is 2.60 bits per heavy atom. The van der Waals surface area contributed by atoms with E-state index < -0.39 is 5.83 Å². The first-order valence-electron chi connectivity index (χ1n) is 5.72. The van der Waals surface area contributed by atoms with Crippen molar-refractivity contribution in [2.45, 2.75) is 44.9 Å². The minimum atomic E-state index is -0.502. The fraction of sp³-hybridized carbons (Fsp3) is 0.750. The first-order chi connectivity index (χ1) is 7.22. The molecule has 1 saturated carbocycles. The van der Waals surface area contributed by atoms with E-state index in [-0.39, 0.29) is 18.8 Å². The number of ketones is 1. The van der Waals surface area contributed by atoms with E-state index in [0.29, 0.717) is 12.3 Å². The van der Waals surface area contributed by atoms with Gasteiger partial charge in [0, 0.05) is 25.5 Å². The smallest absolute Gasteiger partial charge is 0.158 e. The normalized spacial score (nSPS) is 19.2. The summed E-state index contributed by atoms with van der Waals surface area (Å²) in [7, 11) is 0. The second kappa shape index (κ2) is 6.72. The molecule has 15 heavy (non-hydrogen) atoms. The highest BCUT2D eigenvalue weighted by Gasteiger charge is 2.16. The van der Waals surface area contributed by atoms with Crippen LogP contribution in [0.4, 0.5) is 4.39 Å². The molecule has 0 unspecified atom stereocenters. The molecule has 1 N–H and O–H groups in total. The lowest BCUT2D eigenvalue weighted by Gasteiger charge is -2.19. The molecule has 0 amide bonds. The maximum absolute atomic E-state index is 12.9. The van der Waals surface area contributed by atoms with Crippen molar-refractivity contribution in [2.75, 3.05) is 6.61 Å². The van der Waals surface area contributed by atoms with E-state index in [1.165, 1.54) is 19.3 Å². The molecule has 0 bridgehead atoms. The zero-order chi connectivity index (χ0) is 11.1. The Morgan fingerprint density at radius 1 is 1.33 bits per heavy atom. The summed E-state index contributed by atoms with van der Waals surface area (Å²) in [4.78, 5) is 11.4. The molecule has 0 saturated heterocycles. The molecule has 3 heteroatoms. The van der Waals surface area contributed by atoms with E-state index in [0.717, 1.165) is 18.9 Å². The predicted octanol–water partition coefficient (Wildman–Crippen LogP) is 2.76. The van der Waals surface area contributed by atoms with Gasteiger partial charge in [-0.1, -0.05) is 32.1 Å². The minimum Gasteiger partial charge on any atom is -0.396 e. The summed E-state index contributed by atoms with van der Waals surface area (Å²) in [5, 5.41) is 8.48. The van der Waals surface area contributed by atoms with Gasteiger partial charge in [-0.2, -0.15) is 0 Å². The Bertz CT molecular complexity index is 230. The highest BCUT2D eigenvalue weighted by molar-refractivity contribution is 5.90. The highest BCUT2D eigenvalue weighted by atomic mass is 19.1. The van der Waals surface area contributed by atoms with Crippen LogP contribution in [0, 0.1) is 5.92 Å². The van der Waals surface area contributed by atoms with E-state index >= 15 is 0 Å². The number of rotatable bonds is 5. The van der Waals surface area contributed by atoms with E-state index in [1.54, 1.807) is 0 Å². The lowest BCUT2D eigenvalue weighted by atomic mass is 9.86. The Kier molecular flexibility index (Phi) is 5.54. The van der Waals surface area contributed by atoms with E-state index in [1.807, 2.05) is 0 Å². The maximum Gasteiger partial charge on any atom is 0.158 e. The average Bonchev–Trinajstić information content (AvgIpc) is 2.19. The van der Waals surface area contributed by atoms with Crippen molar-refractivity contribution in [3.8, 4) is 0 Å². The van der Waals surface area contributed by atoms with Gasteiger partial charge in [-0.05, 0) is 5.92 Å². The first kappa shape index (κ1) is 12.4. The second-order valence-electron chi connectivity index (χ2n) is 4.24. The van der Waals surface area contributed by atoms with Gasteiger partial charge in [0.05, 0.1) is 0 Å². The molecule has 1 fully saturated rings. The lowest BCUT2D eigenvalue weighted by Crippen LogP contribution is -2.10. The molecular formula is C12H19FO2. The summed E-state index contributed by atoms with van der Waals surface area (Å²) < 4.78 is 12.9. The van der Waals surface area contributed by atoms with Crippen LogP contribution in [-0.4, -0.2) is 17.5 Å². The third kappa shape index (κ3) is 5.07. The van der Waals surface area contributed by atoms with Gasteiger partial charge >= 0.3 is 0 Å². The van der Waals surface area contributed by atoms with Crippen molar-refractivity contribution >= 4 is 5.78 Å². The molecular weight excluding hydrogens is 195 g/mol. The summed E-state index contributed by atoms with van der Waals surface area (Å²) in [5.41, 5.74) is 0. The van der Waals surface area contributed by atoms with Crippen molar-refractivity contribution in [3.63, 3.8) is 0 Å². The summed E-state index contributed by atoms with van der Waals surface area (Å²) in [6, 6.07) is 0. The Hall–Kier alpha value is -0.700. The van der Waals surface area contributed by atoms with Gasteiger partial charge in [-0.3, -0.25) is 4.79 Å². The fourth-order valence-corrected chi connectivity index (χ4v) is 2.09. The molecule has 0 aliphatic heterocycles. The number of halogens is 1. The quantitative estimate of drug-likeness (QED) is 0.714. The number of hydrogen-bond acceptors (Lipinski definition) is 2. The Morgan fingerprint density at radius 2 is 2.00 bits per heavy atom. The number of hydrogen-bond donors (Lipinski definition) is 1. The van der Waals surface area contributed by atoms with Crippen LogP contribution in [0.3, 0.4) is 0 Å². The Labute approximate surface area is 90.2 Å². The van der Waals surface area contributed by atoms with Gasteiger partial charge in [-0.15, -0.1) is 0 Å². The van der Waals surface area contributed by atoms with Crippen LogP contribution in [0.25, 0.3) is 0 Å². The molecule has 0 aromatic heterocycles. The van der Waals surface area contributed by atoms with Crippen LogP contribution in [0.15, 0.2) is 11.9 Å². The molecule has 0 aromatic carbocycles. The van der Waals surface area contributed by atoms with Crippen LogP contribution < -0.4 is 0 Å². The molecule has 0 atom stereocenters. The Balaban J connectivity index is 2.30. The van der Waals surface area contributed by atoms with Gasteiger partial charge in [-0.25, -0.2) is 4.39 Å². The van der Waals surface area contributed by atoms with Crippen molar-refractivity contribution in [1.82, 2.24) is 0 Å². The molecule has 1 aliphatic rings. The number of aliphatic hydroxyl groups excluding tert-OH is 1. The molecule has 86 valence electrons. The van der Waals surface area contributed by atoms with Crippen LogP contribution in [0.1, 0.15) is 44.9 Å². The van der Waals surface area contributed by atoms with Gasteiger partial charge < -0.3 is 5.11 Å². The molecule has 1 aliphatic carbocycles. The summed E-state index contributed by atoms with van der Waals surface area (Å²) >= 11 is 0. The molecule has 0 aromatic rings. The number of aliphatic hydroxyl groups is 1. The zero-order valence-electron chi connectivity index (χ0n) is 9.04. The van der Waals surface area contributed by atoms with Crippen LogP contribution in [0.5, 0.6) is 0 Å². The topological polar surface area (TPSA) is 37.3 Å². The summed E-state index contributed by atoms with van der Waals surface area (Å²) in [5.74, 6) is -0.185. The molecule has 0 spiro atoms.